The van der Waals surface area contributed by atoms with Crippen LogP contribution in [0.15, 0.2) is 22.7 Å². The fourth-order valence-electron chi connectivity index (χ4n) is 1.83. The normalized spacial score (nSPS) is 10.4. The van der Waals surface area contributed by atoms with Gasteiger partial charge in [-0.25, -0.2) is 4.98 Å². The standard InChI is InChI=1S/C15H18BrN3O/c1-5-17-14-10(3)15(19-11(4)18-14)20-13-8-12(16)7-6-9(13)2/h6-8H,5H2,1-4H3,(H,17,18,19). The summed E-state index contributed by atoms with van der Waals surface area (Å²) in [6.45, 7) is 8.68. The van der Waals surface area contributed by atoms with Crippen molar-refractivity contribution in [1.82, 2.24) is 9.97 Å². The van der Waals surface area contributed by atoms with Gasteiger partial charge in [0, 0.05) is 11.0 Å². The Morgan fingerprint density at radius 2 is 1.95 bits per heavy atom. The van der Waals surface area contributed by atoms with Crippen molar-refractivity contribution in [2.24, 2.45) is 0 Å². The van der Waals surface area contributed by atoms with Crippen LogP contribution in [0.25, 0.3) is 0 Å². The van der Waals surface area contributed by atoms with E-state index < -0.39 is 0 Å². The Labute approximate surface area is 127 Å². The van der Waals surface area contributed by atoms with Crippen LogP contribution >= 0.6 is 15.9 Å². The van der Waals surface area contributed by atoms with E-state index in [1.807, 2.05) is 45.9 Å². The highest BCUT2D eigenvalue weighted by Gasteiger charge is 2.12. The van der Waals surface area contributed by atoms with Crippen molar-refractivity contribution >= 4 is 21.7 Å². The minimum absolute atomic E-state index is 0.592. The van der Waals surface area contributed by atoms with Crippen LogP contribution in [0.2, 0.25) is 0 Å². The fourth-order valence-corrected chi connectivity index (χ4v) is 2.17. The van der Waals surface area contributed by atoms with Gasteiger partial charge in [-0.15, -0.1) is 0 Å². The molecule has 0 spiro atoms. The maximum Gasteiger partial charge on any atom is 0.227 e. The first-order valence-corrected chi connectivity index (χ1v) is 7.33. The zero-order chi connectivity index (χ0) is 14.7. The molecule has 2 aromatic rings. The third-order valence-corrected chi connectivity index (χ3v) is 3.41. The molecular weight excluding hydrogens is 318 g/mol. The van der Waals surface area contributed by atoms with Crippen molar-refractivity contribution in [3.63, 3.8) is 0 Å². The second-order valence-corrected chi connectivity index (χ2v) is 5.51. The Hall–Kier alpha value is -1.62. The van der Waals surface area contributed by atoms with Crippen LogP contribution in [0.3, 0.4) is 0 Å². The third-order valence-electron chi connectivity index (χ3n) is 2.91. The number of halogens is 1. The molecule has 0 aliphatic carbocycles. The van der Waals surface area contributed by atoms with Gasteiger partial charge < -0.3 is 10.1 Å². The molecule has 4 nitrogen and oxygen atoms in total. The number of anilines is 1. The van der Waals surface area contributed by atoms with Crippen LogP contribution in [0.1, 0.15) is 23.9 Å². The number of nitrogens with one attached hydrogen (secondary N) is 1. The zero-order valence-corrected chi connectivity index (χ0v) is 13.7. The van der Waals surface area contributed by atoms with E-state index in [1.165, 1.54) is 0 Å². The Morgan fingerprint density at radius 3 is 2.65 bits per heavy atom. The van der Waals surface area contributed by atoms with E-state index in [9.17, 15) is 0 Å². The SMILES string of the molecule is CCNc1nc(C)nc(Oc2cc(Br)ccc2C)c1C. The third kappa shape index (κ3) is 3.28. The van der Waals surface area contributed by atoms with Crippen molar-refractivity contribution in [2.45, 2.75) is 27.7 Å². The summed E-state index contributed by atoms with van der Waals surface area (Å²) in [6.07, 6.45) is 0. The molecular formula is C15H18BrN3O. The van der Waals surface area contributed by atoms with Crippen molar-refractivity contribution in [3.05, 3.63) is 39.6 Å². The highest BCUT2D eigenvalue weighted by Crippen LogP contribution is 2.30. The van der Waals surface area contributed by atoms with E-state index in [4.69, 9.17) is 4.74 Å². The van der Waals surface area contributed by atoms with Crippen LogP contribution < -0.4 is 10.1 Å². The molecule has 0 aliphatic rings. The molecule has 2 rings (SSSR count). The molecule has 0 atom stereocenters. The molecule has 106 valence electrons. The number of hydrogen-bond donors (Lipinski definition) is 1. The quantitative estimate of drug-likeness (QED) is 0.900. The van der Waals surface area contributed by atoms with Gasteiger partial charge in [0.2, 0.25) is 5.88 Å². The lowest BCUT2D eigenvalue weighted by Crippen LogP contribution is -2.06. The summed E-state index contributed by atoms with van der Waals surface area (Å²) in [5.41, 5.74) is 1.98. The van der Waals surface area contributed by atoms with Gasteiger partial charge in [0.15, 0.2) is 0 Å². The van der Waals surface area contributed by atoms with Gasteiger partial charge in [-0.2, -0.15) is 4.98 Å². The number of benzene rings is 1. The number of aromatic nitrogens is 2. The molecule has 0 unspecified atom stereocenters. The molecule has 0 radical (unpaired) electrons. The van der Waals surface area contributed by atoms with E-state index >= 15 is 0 Å². The molecule has 0 fully saturated rings. The van der Waals surface area contributed by atoms with Gasteiger partial charge in [-0.05, 0) is 45.4 Å². The smallest absolute Gasteiger partial charge is 0.227 e. The average molecular weight is 336 g/mol. The second-order valence-electron chi connectivity index (χ2n) is 4.59. The van der Waals surface area contributed by atoms with E-state index in [-0.39, 0.29) is 0 Å². The lowest BCUT2D eigenvalue weighted by Gasteiger charge is -2.14. The lowest BCUT2D eigenvalue weighted by atomic mass is 10.2. The van der Waals surface area contributed by atoms with Crippen molar-refractivity contribution < 1.29 is 4.74 Å². The topological polar surface area (TPSA) is 47.0 Å². The Morgan fingerprint density at radius 1 is 1.20 bits per heavy atom. The minimum atomic E-state index is 0.592. The largest absolute Gasteiger partial charge is 0.438 e. The number of hydrogen-bond acceptors (Lipinski definition) is 4. The fraction of sp³-hybridized carbons (Fsp3) is 0.333. The molecule has 1 N–H and O–H groups in total. The Balaban J connectivity index is 2.40. The minimum Gasteiger partial charge on any atom is -0.438 e. The average Bonchev–Trinajstić information content (AvgIpc) is 2.39. The predicted molar refractivity (Wildman–Crippen MR) is 84.6 cm³/mol. The Kier molecular flexibility index (Phi) is 4.60. The summed E-state index contributed by atoms with van der Waals surface area (Å²) in [5.74, 6) is 2.90. The van der Waals surface area contributed by atoms with Crippen LogP contribution in [-0.2, 0) is 0 Å². The molecule has 0 amide bonds. The highest BCUT2D eigenvalue weighted by molar-refractivity contribution is 9.10. The number of nitrogens with zero attached hydrogens (tertiary/aromatic N) is 2. The van der Waals surface area contributed by atoms with Gasteiger partial charge in [0.05, 0.1) is 5.56 Å². The van der Waals surface area contributed by atoms with Crippen LogP contribution in [-0.4, -0.2) is 16.5 Å². The lowest BCUT2D eigenvalue weighted by molar-refractivity contribution is 0.452. The zero-order valence-electron chi connectivity index (χ0n) is 12.1. The molecule has 1 aromatic heterocycles. The van der Waals surface area contributed by atoms with Crippen LogP contribution in [0.5, 0.6) is 11.6 Å². The Bertz CT molecular complexity index is 629. The number of ether oxygens (including phenoxy) is 1. The van der Waals surface area contributed by atoms with Crippen molar-refractivity contribution in [1.29, 1.82) is 0 Å². The van der Waals surface area contributed by atoms with Gasteiger partial charge >= 0.3 is 0 Å². The van der Waals surface area contributed by atoms with Gasteiger partial charge in [0.1, 0.15) is 17.4 Å². The summed E-state index contributed by atoms with van der Waals surface area (Å²) in [4.78, 5) is 8.79. The molecule has 1 heterocycles. The summed E-state index contributed by atoms with van der Waals surface area (Å²) in [5, 5.41) is 3.23. The second kappa shape index (κ2) is 6.22. The van der Waals surface area contributed by atoms with Crippen LogP contribution in [0.4, 0.5) is 5.82 Å². The summed E-state index contributed by atoms with van der Waals surface area (Å²) >= 11 is 3.46. The monoisotopic (exact) mass is 335 g/mol. The van der Waals surface area contributed by atoms with E-state index in [2.05, 4.69) is 31.2 Å². The van der Waals surface area contributed by atoms with Crippen molar-refractivity contribution in [2.75, 3.05) is 11.9 Å². The molecule has 0 bridgehead atoms. The molecule has 0 aliphatic heterocycles. The van der Waals surface area contributed by atoms with Crippen LogP contribution in [0, 0.1) is 20.8 Å². The molecule has 0 saturated heterocycles. The summed E-state index contributed by atoms with van der Waals surface area (Å²) in [7, 11) is 0. The van der Waals surface area contributed by atoms with E-state index in [0.29, 0.717) is 11.7 Å². The molecule has 1 aromatic carbocycles. The molecule has 5 heteroatoms. The van der Waals surface area contributed by atoms with Crippen molar-refractivity contribution in [3.8, 4) is 11.6 Å². The number of aryl methyl sites for hydroxylation is 2. The van der Waals surface area contributed by atoms with E-state index in [0.717, 1.165) is 33.7 Å². The van der Waals surface area contributed by atoms with Gasteiger partial charge in [-0.3, -0.25) is 0 Å². The first kappa shape index (κ1) is 14.8. The van der Waals surface area contributed by atoms with Gasteiger partial charge in [0.25, 0.3) is 0 Å². The maximum absolute atomic E-state index is 5.97. The summed E-state index contributed by atoms with van der Waals surface area (Å²) < 4.78 is 6.95. The highest BCUT2D eigenvalue weighted by atomic mass is 79.9. The molecule has 0 saturated carbocycles. The molecule has 20 heavy (non-hydrogen) atoms. The van der Waals surface area contributed by atoms with E-state index in [1.54, 1.807) is 0 Å². The number of rotatable bonds is 4. The predicted octanol–water partition coefficient (Wildman–Crippen LogP) is 4.39. The summed E-state index contributed by atoms with van der Waals surface area (Å²) in [6, 6.07) is 5.94. The maximum atomic E-state index is 5.97. The first-order valence-electron chi connectivity index (χ1n) is 6.54. The van der Waals surface area contributed by atoms with Gasteiger partial charge in [-0.1, -0.05) is 22.0 Å². The first-order chi connectivity index (χ1) is 9.51.